The van der Waals surface area contributed by atoms with Gasteiger partial charge >= 0.3 is 0 Å². The monoisotopic (exact) mass is 486 g/mol. The highest BCUT2D eigenvalue weighted by molar-refractivity contribution is 5.78. The standard InChI is InChI=1S/C25H33F3O6/c1-4-29-7-10-32-19-15-23(33-11-8-30-5-2)25(24(16-19)34-12-9-31-6-3)18-13-21(27)20(17-26)22(28)14-18/h13-16H,4-12,17H2,1-3H3. The van der Waals surface area contributed by atoms with E-state index in [2.05, 4.69) is 0 Å². The van der Waals surface area contributed by atoms with E-state index >= 15 is 0 Å². The third-order valence-corrected chi connectivity index (χ3v) is 4.68. The second kappa shape index (κ2) is 15.4. The normalized spacial score (nSPS) is 11.0. The van der Waals surface area contributed by atoms with Crippen molar-refractivity contribution in [3.05, 3.63) is 41.5 Å². The first-order valence-corrected chi connectivity index (χ1v) is 11.4. The summed E-state index contributed by atoms with van der Waals surface area (Å²) >= 11 is 0. The molecule has 0 aliphatic rings. The fraction of sp³-hybridized carbons (Fsp3) is 0.520. The van der Waals surface area contributed by atoms with Gasteiger partial charge in [-0.05, 0) is 38.5 Å². The van der Waals surface area contributed by atoms with Gasteiger partial charge in [0.15, 0.2) is 0 Å². The van der Waals surface area contributed by atoms with E-state index in [0.717, 1.165) is 12.1 Å². The van der Waals surface area contributed by atoms with Crippen LogP contribution in [0.4, 0.5) is 13.2 Å². The van der Waals surface area contributed by atoms with Crippen molar-refractivity contribution in [1.29, 1.82) is 0 Å². The summed E-state index contributed by atoms with van der Waals surface area (Å²) in [6.07, 6.45) is 0. The fourth-order valence-electron chi connectivity index (χ4n) is 3.11. The van der Waals surface area contributed by atoms with E-state index in [1.165, 1.54) is 0 Å². The van der Waals surface area contributed by atoms with Gasteiger partial charge in [0.25, 0.3) is 0 Å². The number of halogens is 3. The summed E-state index contributed by atoms with van der Waals surface area (Å²) in [5.41, 5.74) is -0.170. The minimum absolute atomic E-state index is 0.144. The lowest BCUT2D eigenvalue weighted by Crippen LogP contribution is -2.11. The molecule has 9 heteroatoms. The van der Waals surface area contributed by atoms with Gasteiger partial charge in [-0.25, -0.2) is 13.2 Å². The van der Waals surface area contributed by atoms with E-state index in [0.29, 0.717) is 57.6 Å². The molecule has 0 saturated carbocycles. The van der Waals surface area contributed by atoms with Gasteiger partial charge < -0.3 is 28.4 Å². The molecular formula is C25H33F3O6. The van der Waals surface area contributed by atoms with Crippen LogP contribution in [0, 0.1) is 11.6 Å². The lowest BCUT2D eigenvalue weighted by Gasteiger charge is -2.19. The maximum absolute atomic E-state index is 14.4. The summed E-state index contributed by atoms with van der Waals surface area (Å²) in [6.45, 7) is 7.64. The van der Waals surface area contributed by atoms with Crippen molar-refractivity contribution >= 4 is 0 Å². The summed E-state index contributed by atoms with van der Waals surface area (Å²) in [7, 11) is 0. The Morgan fingerprint density at radius 2 is 1.06 bits per heavy atom. The van der Waals surface area contributed by atoms with Gasteiger partial charge in [-0.2, -0.15) is 0 Å². The van der Waals surface area contributed by atoms with Crippen LogP contribution in [0.15, 0.2) is 24.3 Å². The number of alkyl halides is 1. The summed E-state index contributed by atoms with van der Waals surface area (Å²) in [6, 6.07) is 5.35. The molecule has 0 atom stereocenters. The SMILES string of the molecule is CCOCCOc1cc(OCCOCC)c(-c2cc(F)c(CF)c(F)c2)c(OCCOCC)c1. The Kier molecular flexibility index (Phi) is 12.6. The van der Waals surface area contributed by atoms with Crippen molar-refractivity contribution in [2.24, 2.45) is 0 Å². The Morgan fingerprint density at radius 3 is 1.47 bits per heavy atom. The van der Waals surface area contributed by atoms with Crippen LogP contribution in [0.5, 0.6) is 17.2 Å². The van der Waals surface area contributed by atoms with Crippen molar-refractivity contribution < 1.29 is 41.6 Å². The van der Waals surface area contributed by atoms with Crippen molar-refractivity contribution in [2.45, 2.75) is 27.4 Å². The van der Waals surface area contributed by atoms with Gasteiger partial charge in [-0.15, -0.1) is 0 Å². The van der Waals surface area contributed by atoms with E-state index < -0.39 is 23.9 Å². The Morgan fingerprint density at radius 1 is 0.618 bits per heavy atom. The molecule has 0 aromatic heterocycles. The smallest absolute Gasteiger partial charge is 0.134 e. The molecular weight excluding hydrogens is 453 g/mol. The van der Waals surface area contributed by atoms with E-state index in [4.69, 9.17) is 28.4 Å². The first-order valence-electron chi connectivity index (χ1n) is 11.4. The Labute approximate surface area is 198 Å². The summed E-state index contributed by atoms with van der Waals surface area (Å²) in [5, 5.41) is 0. The van der Waals surface area contributed by atoms with Gasteiger partial charge in [0.2, 0.25) is 0 Å². The van der Waals surface area contributed by atoms with Crippen LogP contribution < -0.4 is 14.2 Å². The molecule has 0 fully saturated rings. The van der Waals surface area contributed by atoms with Crippen molar-refractivity contribution in [2.75, 3.05) is 59.5 Å². The van der Waals surface area contributed by atoms with Crippen LogP contribution in [0.25, 0.3) is 11.1 Å². The highest BCUT2D eigenvalue weighted by Gasteiger charge is 2.20. The summed E-state index contributed by atoms with van der Waals surface area (Å²) in [4.78, 5) is 0. The van der Waals surface area contributed by atoms with Crippen LogP contribution in [0.2, 0.25) is 0 Å². The second-order valence-electron chi connectivity index (χ2n) is 6.98. The lowest BCUT2D eigenvalue weighted by molar-refractivity contribution is 0.105. The van der Waals surface area contributed by atoms with Gasteiger partial charge in [-0.1, -0.05) is 0 Å². The second-order valence-corrected chi connectivity index (χ2v) is 6.98. The molecule has 0 saturated heterocycles. The summed E-state index contributed by atoms with van der Waals surface area (Å²) in [5.74, 6) is -0.980. The molecule has 0 radical (unpaired) electrons. The molecule has 190 valence electrons. The Hall–Kier alpha value is -2.49. The number of ether oxygens (including phenoxy) is 6. The van der Waals surface area contributed by atoms with E-state index in [9.17, 15) is 13.2 Å². The van der Waals surface area contributed by atoms with Crippen molar-refractivity contribution in [3.63, 3.8) is 0 Å². The van der Waals surface area contributed by atoms with Crippen LogP contribution in [0.1, 0.15) is 26.3 Å². The molecule has 34 heavy (non-hydrogen) atoms. The van der Waals surface area contributed by atoms with Gasteiger partial charge in [0.05, 0.1) is 30.9 Å². The molecule has 0 aliphatic carbocycles. The molecule has 2 aromatic carbocycles. The van der Waals surface area contributed by atoms with Crippen LogP contribution >= 0.6 is 0 Å². The van der Waals surface area contributed by atoms with Gasteiger partial charge in [-0.3, -0.25) is 0 Å². The average Bonchev–Trinajstić information content (AvgIpc) is 2.82. The van der Waals surface area contributed by atoms with E-state index in [1.807, 2.05) is 20.8 Å². The zero-order chi connectivity index (χ0) is 24.8. The average molecular weight is 487 g/mol. The molecule has 2 aromatic rings. The minimum atomic E-state index is -1.25. The largest absolute Gasteiger partial charge is 0.491 e. The molecule has 0 bridgehead atoms. The molecule has 0 N–H and O–H groups in total. The predicted molar refractivity (Wildman–Crippen MR) is 123 cm³/mol. The molecule has 2 rings (SSSR count). The van der Waals surface area contributed by atoms with Crippen molar-refractivity contribution in [1.82, 2.24) is 0 Å². The molecule has 0 amide bonds. The topological polar surface area (TPSA) is 55.4 Å². The predicted octanol–water partition coefficient (Wildman–Crippen LogP) is 5.35. The maximum atomic E-state index is 14.4. The van der Waals surface area contributed by atoms with Crippen molar-refractivity contribution in [3.8, 4) is 28.4 Å². The Balaban J connectivity index is 2.49. The third-order valence-electron chi connectivity index (χ3n) is 4.68. The molecule has 6 nitrogen and oxygen atoms in total. The highest BCUT2D eigenvalue weighted by Crippen LogP contribution is 2.43. The number of hydrogen-bond donors (Lipinski definition) is 0. The number of hydrogen-bond acceptors (Lipinski definition) is 6. The zero-order valence-corrected chi connectivity index (χ0v) is 20.0. The molecule has 0 spiro atoms. The molecule has 0 heterocycles. The van der Waals surface area contributed by atoms with E-state index in [-0.39, 0.29) is 30.3 Å². The van der Waals surface area contributed by atoms with Crippen LogP contribution in [0.3, 0.4) is 0 Å². The fourth-order valence-corrected chi connectivity index (χ4v) is 3.11. The lowest BCUT2D eigenvalue weighted by atomic mass is 10.0. The van der Waals surface area contributed by atoms with E-state index in [1.54, 1.807) is 12.1 Å². The van der Waals surface area contributed by atoms with Crippen LogP contribution in [-0.4, -0.2) is 59.5 Å². The van der Waals surface area contributed by atoms with Gasteiger partial charge in [0, 0.05) is 32.0 Å². The molecule has 0 unspecified atom stereocenters. The highest BCUT2D eigenvalue weighted by atomic mass is 19.1. The number of rotatable bonds is 17. The third kappa shape index (κ3) is 8.38. The first-order chi connectivity index (χ1) is 16.5. The Bertz CT molecular complexity index is 822. The summed E-state index contributed by atoms with van der Waals surface area (Å²) < 4.78 is 75.5. The zero-order valence-electron chi connectivity index (χ0n) is 20.0. The van der Waals surface area contributed by atoms with Crippen LogP contribution in [-0.2, 0) is 20.9 Å². The maximum Gasteiger partial charge on any atom is 0.134 e. The van der Waals surface area contributed by atoms with Gasteiger partial charge in [0.1, 0.15) is 55.4 Å². The first kappa shape index (κ1) is 27.8. The minimum Gasteiger partial charge on any atom is -0.491 e. The number of benzene rings is 2. The molecule has 0 aliphatic heterocycles. The quantitative estimate of drug-likeness (QED) is 0.281.